The summed E-state index contributed by atoms with van der Waals surface area (Å²) in [5.74, 6) is 1.59. The topological polar surface area (TPSA) is 29.5 Å². The van der Waals surface area contributed by atoms with Gasteiger partial charge in [0.2, 0.25) is 5.91 Å². The van der Waals surface area contributed by atoms with Crippen LogP contribution in [0.2, 0.25) is 0 Å². The molecule has 1 aromatic carbocycles. The predicted octanol–water partition coefficient (Wildman–Crippen LogP) is 5.43. The molecule has 0 radical (unpaired) electrons. The maximum absolute atomic E-state index is 13.0. The first-order valence-electron chi connectivity index (χ1n) is 9.88. The van der Waals surface area contributed by atoms with E-state index >= 15 is 0 Å². The van der Waals surface area contributed by atoms with Gasteiger partial charge in [0.1, 0.15) is 5.75 Å². The summed E-state index contributed by atoms with van der Waals surface area (Å²) >= 11 is 17.6. The van der Waals surface area contributed by atoms with Gasteiger partial charge in [0.15, 0.2) is 3.79 Å². The zero-order valence-electron chi connectivity index (χ0n) is 15.6. The molecule has 1 saturated carbocycles. The van der Waals surface area contributed by atoms with E-state index in [1.54, 1.807) is 7.11 Å². The minimum absolute atomic E-state index is 0.127. The van der Waals surface area contributed by atoms with Gasteiger partial charge in [-0.25, -0.2) is 0 Å². The highest BCUT2D eigenvalue weighted by molar-refractivity contribution is 6.67. The molecule has 6 heteroatoms. The molecular weight excluding hydrogens is 405 g/mol. The summed E-state index contributed by atoms with van der Waals surface area (Å²) in [5.41, 5.74) is 3.03. The Bertz CT molecular complexity index is 733. The molecule has 2 fully saturated rings. The Morgan fingerprint density at radius 3 is 2.85 bits per heavy atom. The molecule has 1 saturated heterocycles. The first-order chi connectivity index (χ1) is 12.8. The largest absolute Gasteiger partial charge is 0.497 e. The van der Waals surface area contributed by atoms with Crippen LogP contribution in [0.3, 0.4) is 0 Å². The molecule has 148 valence electrons. The molecule has 1 aromatic rings. The smallest absolute Gasteiger partial charge is 0.222 e. The van der Waals surface area contributed by atoms with Crippen molar-refractivity contribution in [3.8, 4) is 5.75 Å². The number of halogens is 3. The summed E-state index contributed by atoms with van der Waals surface area (Å²) in [4.78, 5) is 15.1. The van der Waals surface area contributed by atoms with Gasteiger partial charge in [-0.3, -0.25) is 4.79 Å². The van der Waals surface area contributed by atoms with E-state index in [-0.39, 0.29) is 23.8 Å². The first kappa shape index (κ1) is 19.7. The molecule has 3 atom stereocenters. The van der Waals surface area contributed by atoms with Crippen molar-refractivity contribution in [1.29, 1.82) is 0 Å². The molecule has 27 heavy (non-hydrogen) atoms. The number of hydrogen-bond acceptors (Lipinski definition) is 2. The van der Waals surface area contributed by atoms with Crippen molar-refractivity contribution in [2.24, 2.45) is 5.92 Å². The molecule has 0 aromatic heterocycles. The van der Waals surface area contributed by atoms with Crippen LogP contribution in [0.15, 0.2) is 18.2 Å². The molecule has 0 N–H and O–H groups in total. The van der Waals surface area contributed by atoms with Gasteiger partial charge < -0.3 is 9.64 Å². The lowest BCUT2D eigenvalue weighted by atomic mass is 9.52. The van der Waals surface area contributed by atoms with Gasteiger partial charge in [-0.15, -0.1) is 0 Å². The Hall–Kier alpha value is -0.640. The number of benzene rings is 1. The number of carbonyl (C=O) groups is 1. The Labute approximate surface area is 176 Å². The standard InChI is InChI=1S/C21H26Cl3NO2/c1-27-15-6-5-14-12-18-16-4-2-3-8-20(16,17(14)13-15)10-11-25(18)19(26)7-9-21(22,23)24/h5-6,13,16,18H,2-4,7-12H2,1H3. The fraction of sp³-hybridized carbons (Fsp3) is 0.667. The fourth-order valence-electron chi connectivity index (χ4n) is 5.81. The summed E-state index contributed by atoms with van der Waals surface area (Å²) in [5, 5.41) is 0. The van der Waals surface area contributed by atoms with Crippen molar-refractivity contribution in [2.75, 3.05) is 13.7 Å². The third-order valence-electron chi connectivity index (χ3n) is 6.99. The monoisotopic (exact) mass is 429 g/mol. The molecule has 1 aliphatic heterocycles. The summed E-state index contributed by atoms with van der Waals surface area (Å²) in [6.45, 7) is 0.802. The van der Waals surface area contributed by atoms with E-state index in [0.717, 1.165) is 25.1 Å². The molecule has 4 rings (SSSR count). The molecule has 2 bridgehead atoms. The Balaban J connectivity index is 1.66. The van der Waals surface area contributed by atoms with Crippen molar-refractivity contribution in [3.05, 3.63) is 29.3 Å². The van der Waals surface area contributed by atoms with Gasteiger partial charge >= 0.3 is 0 Å². The number of carbonyl (C=O) groups excluding carboxylic acids is 1. The molecule has 3 nitrogen and oxygen atoms in total. The second kappa shape index (κ2) is 7.31. The van der Waals surface area contributed by atoms with Gasteiger partial charge in [0.25, 0.3) is 0 Å². The number of piperidine rings is 1. The summed E-state index contributed by atoms with van der Waals surface area (Å²) in [6, 6.07) is 6.76. The molecule has 3 unspecified atom stereocenters. The van der Waals surface area contributed by atoms with E-state index in [1.807, 2.05) is 6.07 Å². The van der Waals surface area contributed by atoms with Gasteiger partial charge in [-0.05, 0) is 54.9 Å². The maximum Gasteiger partial charge on any atom is 0.222 e. The van der Waals surface area contributed by atoms with Crippen LogP contribution in [-0.2, 0) is 16.6 Å². The van der Waals surface area contributed by atoms with Crippen LogP contribution in [0, 0.1) is 5.92 Å². The summed E-state index contributed by atoms with van der Waals surface area (Å²) in [6.07, 6.45) is 7.42. The lowest BCUT2D eigenvalue weighted by molar-refractivity contribution is -0.140. The maximum atomic E-state index is 13.0. The van der Waals surface area contributed by atoms with Gasteiger partial charge in [-0.2, -0.15) is 0 Å². The van der Waals surface area contributed by atoms with E-state index in [0.29, 0.717) is 12.3 Å². The van der Waals surface area contributed by atoms with Crippen LogP contribution < -0.4 is 4.74 Å². The van der Waals surface area contributed by atoms with Crippen LogP contribution >= 0.6 is 34.8 Å². The lowest BCUT2D eigenvalue weighted by Gasteiger charge is -2.59. The van der Waals surface area contributed by atoms with E-state index in [2.05, 4.69) is 17.0 Å². The highest BCUT2D eigenvalue weighted by Gasteiger charge is 2.54. The summed E-state index contributed by atoms with van der Waals surface area (Å²) < 4.78 is 4.15. The fourth-order valence-corrected chi connectivity index (χ4v) is 6.10. The molecule has 3 aliphatic rings. The molecule has 2 aliphatic carbocycles. The first-order valence-corrected chi connectivity index (χ1v) is 11.0. The second-order valence-corrected chi connectivity index (χ2v) is 10.8. The number of methoxy groups -OCH3 is 1. The van der Waals surface area contributed by atoms with Crippen LogP contribution in [0.25, 0.3) is 0 Å². The van der Waals surface area contributed by atoms with E-state index in [9.17, 15) is 4.79 Å². The average Bonchev–Trinajstić information content (AvgIpc) is 2.65. The number of fused-ring (bicyclic) bond motifs is 1. The van der Waals surface area contributed by atoms with E-state index in [4.69, 9.17) is 39.5 Å². The lowest BCUT2D eigenvalue weighted by Crippen LogP contribution is -2.62. The Morgan fingerprint density at radius 2 is 2.11 bits per heavy atom. The highest BCUT2D eigenvalue weighted by Crippen LogP contribution is 2.56. The van der Waals surface area contributed by atoms with Crippen LogP contribution in [0.5, 0.6) is 5.75 Å². The summed E-state index contributed by atoms with van der Waals surface area (Å²) in [7, 11) is 1.73. The van der Waals surface area contributed by atoms with Crippen molar-refractivity contribution in [1.82, 2.24) is 4.90 Å². The minimum Gasteiger partial charge on any atom is -0.497 e. The quantitative estimate of drug-likeness (QED) is 0.598. The molecular formula is C21H26Cl3NO2. The van der Waals surface area contributed by atoms with Crippen LogP contribution in [-0.4, -0.2) is 34.3 Å². The number of alkyl halides is 3. The number of hydrogen-bond donors (Lipinski definition) is 0. The van der Waals surface area contributed by atoms with Crippen molar-refractivity contribution in [2.45, 2.75) is 66.6 Å². The van der Waals surface area contributed by atoms with Crippen LogP contribution in [0.1, 0.15) is 56.1 Å². The zero-order chi connectivity index (χ0) is 19.2. The van der Waals surface area contributed by atoms with Gasteiger partial charge in [0, 0.05) is 30.8 Å². The normalized spacial score (nSPS) is 29.7. The number of amides is 1. The second-order valence-electron chi connectivity index (χ2n) is 8.26. The number of ether oxygens (including phenoxy) is 1. The molecule has 1 heterocycles. The minimum atomic E-state index is -1.37. The van der Waals surface area contributed by atoms with Gasteiger partial charge in [0.05, 0.1) is 7.11 Å². The van der Waals surface area contributed by atoms with Crippen molar-refractivity contribution < 1.29 is 9.53 Å². The van der Waals surface area contributed by atoms with Crippen molar-refractivity contribution in [3.63, 3.8) is 0 Å². The predicted molar refractivity (Wildman–Crippen MR) is 110 cm³/mol. The third kappa shape index (κ3) is 3.56. The molecule has 1 amide bonds. The van der Waals surface area contributed by atoms with Crippen LogP contribution in [0.4, 0.5) is 0 Å². The van der Waals surface area contributed by atoms with Gasteiger partial charge in [-0.1, -0.05) is 53.7 Å². The third-order valence-corrected chi connectivity index (χ3v) is 7.55. The number of rotatable bonds is 3. The SMILES string of the molecule is COc1ccc2c(c1)C13CCCCC1C(C2)N(C(=O)CCC(Cl)(Cl)Cl)CC3. The Morgan fingerprint density at radius 1 is 1.30 bits per heavy atom. The van der Waals surface area contributed by atoms with E-state index < -0.39 is 3.79 Å². The number of nitrogens with zero attached hydrogens (tertiary/aromatic N) is 1. The Kier molecular flexibility index (Phi) is 5.33. The van der Waals surface area contributed by atoms with E-state index in [1.165, 1.54) is 36.8 Å². The number of likely N-dealkylation sites (tertiary alicyclic amines) is 1. The highest BCUT2D eigenvalue weighted by atomic mass is 35.6. The van der Waals surface area contributed by atoms with Crippen molar-refractivity contribution >= 4 is 40.7 Å². The zero-order valence-corrected chi connectivity index (χ0v) is 17.9. The average molecular weight is 431 g/mol. The molecule has 0 spiro atoms.